The van der Waals surface area contributed by atoms with Gasteiger partial charge in [-0.15, -0.1) is 0 Å². The molecular weight excluding hydrogens is 294 g/mol. The van der Waals surface area contributed by atoms with Crippen molar-refractivity contribution in [3.63, 3.8) is 0 Å². The number of nitrogens with one attached hydrogen (secondary N) is 1. The summed E-state index contributed by atoms with van der Waals surface area (Å²) in [4.78, 5) is 0. The first-order chi connectivity index (χ1) is 9.28. The molecule has 114 valence electrons. The highest BCUT2D eigenvalue weighted by Gasteiger charge is 2.15. The lowest BCUT2D eigenvalue weighted by atomic mass is 9.96. The monoisotopic (exact) mass is 317 g/mol. The molecule has 5 heteroatoms. The fraction of sp³-hybridized carbons (Fsp3) is 0.600. The first-order valence-electron chi connectivity index (χ1n) is 6.92. The van der Waals surface area contributed by atoms with Gasteiger partial charge in [0.2, 0.25) is 0 Å². The molecule has 1 aromatic rings. The second kappa shape index (κ2) is 8.01. The molecule has 0 aliphatic carbocycles. The van der Waals surface area contributed by atoms with Gasteiger partial charge in [0, 0.05) is 17.8 Å². The summed E-state index contributed by atoms with van der Waals surface area (Å²) in [5.41, 5.74) is 1.09. The van der Waals surface area contributed by atoms with Crippen molar-refractivity contribution in [3.05, 3.63) is 34.9 Å². The quantitative estimate of drug-likeness (QED) is 0.801. The zero-order valence-corrected chi connectivity index (χ0v) is 14.0. The predicted molar refractivity (Wildman–Crippen MR) is 86.2 cm³/mol. The maximum absolute atomic E-state index is 11.4. The van der Waals surface area contributed by atoms with Crippen molar-refractivity contribution in [3.8, 4) is 0 Å². The summed E-state index contributed by atoms with van der Waals surface area (Å²) in [7, 11) is -2.94. The van der Waals surface area contributed by atoms with Gasteiger partial charge >= 0.3 is 0 Å². The number of rotatable bonds is 8. The van der Waals surface area contributed by atoms with Crippen LogP contribution in [0.15, 0.2) is 24.3 Å². The molecule has 0 aliphatic heterocycles. The van der Waals surface area contributed by atoms with Crippen molar-refractivity contribution in [2.75, 3.05) is 25.1 Å². The van der Waals surface area contributed by atoms with Crippen LogP contribution in [0.3, 0.4) is 0 Å². The predicted octanol–water partition coefficient (Wildman–Crippen LogP) is 3.10. The highest BCUT2D eigenvalue weighted by atomic mass is 35.5. The molecule has 0 fully saturated rings. The van der Waals surface area contributed by atoms with Gasteiger partial charge in [0.1, 0.15) is 9.84 Å². The van der Waals surface area contributed by atoms with Crippen molar-refractivity contribution in [2.45, 2.75) is 26.2 Å². The largest absolute Gasteiger partial charge is 0.316 e. The molecule has 1 aromatic carbocycles. The van der Waals surface area contributed by atoms with E-state index in [9.17, 15) is 8.42 Å². The second-order valence-corrected chi connectivity index (χ2v) is 8.42. The number of halogens is 1. The lowest BCUT2D eigenvalue weighted by molar-refractivity contribution is 0.507. The molecule has 0 radical (unpaired) electrons. The van der Waals surface area contributed by atoms with Gasteiger partial charge < -0.3 is 5.32 Å². The fourth-order valence-corrected chi connectivity index (χ4v) is 2.96. The second-order valence-electron chi connectivity index (χ2n) is 5.72. The van der Waals surface area contributed by atoms with Crippen LogP contribution in [-0.2, 0) is 9.84 Å². The van der Waals surface area contributed by atoms with E-state index in [1.165, 1.54) is 6.26 Å². The van der Waals surface area contributed by atoms with E-state index in [-0.39, 0.29) is 11.7 Å². The van der Waals surface area contributed by atoms with Crippen LogP contribution >= 0.6 is 11.6 Å². The van der Waals surface area contributed by atoms with Gasteiger partial charge in [-0.2, -0.15) is 0 Å². The van der Waals surface area contributed by atoms with Gasteiger partial charge in [-0.05, 0) is 42.5 Å². The van der Waals surface area contributed by atoms with E-state index in [4.69, 9.17) is 11.6 Å². The minimum absolute atomic E-state index is 0.169. The third kappa shape index (κ3) is 7.27. The van der Waals surface area contributed by atoms with Gasteiger partial charge in [-0.1, -0.05) is 37.6 Å². The number of hydrogen-bond acceptors (Lipinski definition) is 3. The van der Waals surface area contributed by atoms with Crippen molar-refractivity contribution >= 4 is 21.4 Å². The summed E-state index contributed by atoms with van der Waals surface area (Å²) in [6.45, 7) is 6.00. The molecule has 20 heavy (non-hydrogen) atoms. The first-order valence-corrected chi connectivity index (χ1v) is 9.35. The van der Waals surface area contributed by atoms with Crippen LogP contribution in [0.2, 0.25) is 5.02 Å². The Labute approximate surface area is 127 Å². The van der Waals surface area contributed by atoms with Crippen LogP contribution in [0.4, 0.5) is 0 Å². The standard InChI is InChI=1S/C15H24ClNO2S/c1-12(2)10-17-11-14(7-8-20(3,18)19)13-5-4-6-15(16)9-13/h4-6,9,12,14,17H,7-8,10-11H2,1-3H3. The summed E-state index contributed by atoms with van der Waals surface area (Å²) >= 11 is 6.02. The summed E-state index contributed by atoms with van der Waals surface area (Å²) < 4.78 is 22.7. The van der Waals surface area contributed by atoms with E-state index in [1.54, 1.807) is 0 Å². The molecule has 0 bridgehead atoms. The minimum atomic E-state index is -2.94. The van der Waals surface area contributed by atoms with E-state index in [0.717, 1.165) is 18.7 Å². The molecule has 1 N–H and O–H groups in total. The maximum atomic E-state index is 11.4. The van der Waals surface area contributed by atoms with Crippen LogP contribution in [0.1, 0.15) is 31.7 Å². The van der Waals surface area contributed by atoms with Crippen LogP contribution in [-0.4, -0.2) is 33.5 Å². The van der Waals surface area contributed by atoms with Crippen molar-refractivity contribution in [1.82, 2.24) is 5.32 Å². The third-order valence-electron chi connectivity index (χ3n) is 3.10. The molecule has 1 rings (SSSR count). The lowest BCUT2D eigenvalue weighted by Crippen LogP contribution is -2.26. The molecule has 0 aliphatic rings. The molecule has 0 saturated carbocycles. The Balaban J connectivity index is 2.73. The summed E-state index contributed by atoms with van der Waals surface area (Å²) in [6.07, 6.45) is 1.90. The molecule has 0 saturated heterocycles. The zero-order chi connectivity index (χ0) is 15.2. The van der Waals surface area contributed by atoms with E-state index >= 15 is 0 Å². The first kappa shape index (κ1) is 17.5. The fourth-order valence-electron chi connectivity index (χ4n) is 2.05. The van der Waals surface area contributed by atoms with E-state index in [0.29, 0.717) is 17.4 Å². The average Bonchev–Trinajstić information content (AvgIpc) is 2.31. The molecule has 3 nitrogen and oxygen atoms in total. The Morgan fingerprint density at radius 1 is 1.25 bits per heavy atom. The highest BCUT2D eigenvalue weighted by Crippen LogP contribution is 2.22. The molecule has 0 heterocycles. The van der Waals surface area contributed by atoms with Crippen LogP contribution in [0.25, 0.3) is 0 Å². The molecular formula is C15H24ClNO2S. The minimum Gasteiger partial charge on any atom is -0.316 e. The average molecular weight is 318 g/mol. The van der Waals surface area contributed by atoms with Gasteiger partial charge in [0.25, 0.3) is 0 Å². The summed E-state index contributed by atoms with van der Waals surface area (Å²) in [5, 5.41) is 4.09. The Hall–Kier alpha value is -0.580. The van der Waals surface area contributed by atoms with E-state index in [2.05, 4.69) is 19.2 Å². The molecule has 1 unspecified atom stereocenters. The lowest BCUT2D eigenvalue weighted by Gasteiger charge is -2.19. The summed E-state index contributed by atoms with van der Waals surface area (Å²) in [6, 6.07) is 7.68. The Morgan fingerprint density at radius 3 is 2.50 bits per heavy atom. The van der Waals surface area contributed by atoms with E-state index < -0.39 is 9.84 Å². The molecule has 0 spiro atoms. The van der Waals surface area contributed by atoms with Crippen LogP contribution in [0, 0.1) is 5.92 Å². The summed E-state index contributed by atoms with van der Waals surface area (Å²) in [5.74, 6) is 0.945. The number of benzene rings is 1. The number of hydrogen-bond donors (Lipinski definition) is 1. The molecule has 0 aromatic heterocycles. The van der Waals surface area contributed by atoms with Crippen molar-refractivity contribution in [1.29, 1.82) is 0 Å². The third-order valence-corrected chi connectivity index (χ3v) is 4.31. The maximum Gasteiger partial charge on any atom is 0.147 e. The molecule has 1 atom stereocenters. The van der Waals surface area contributed by atoms with Crippen LogP contribution in [0.5, 0.6) is 0 Å². The zero-order valence-electron chi connectivity index (χ0n) is 12.4. The topological polar surface area (TPSA) is 46.2 Å². The van der Waals surface area contributed by atoms with E-state index in [1.807, 2.05) is 24.3 Å². The van der Waals surface area contributed by atoms with Crippen molar-refractivity contribution < 1.29 is 8.42 Å². The van der Waals surface area contributed by atoms with Gasteiger partial charge in [0.05, 0.1) is 5.75 Å². The highest BCUT2D eigenvalue weighted by molar-refractivity contribution is 7.90. The van der Waals surface area contributed by atoms with Gasteiger partial charge in [0.15, 0.2) is 0 Å². The normalized spacial score (nSPS) is 13.7. The van der Waals surface area contributed by atoms with Crippen molar-refractivity contribution in [2.24, 2.45) is 5.92 Å². The van der Waals surface area contributed by atoms with Gasteiger partial charge in [-0.3, -0.25) is 0 Å². The Bertz CT molecular complexity index is 514. The smallest absolute Gasteiger partial charge is 0.147 e. The molecule has 0 amide bonds. The SMILES string of the molecule is CC(C)CNCC(CCS(C)(=O)=O)c1cccc(Cl)c1. The number of sulfone groups is 1. The van der Waals surface area contributed by atoms with Crippen LogP contribution < -0.4 is 5.32 Å². The Kier molecular flexibility index (Phi) is 7.00. The Morgan fingerprint density at radius 2 is 1.95 bits per heavy atom. The van der Waals surface area contributed by atoms with Gasteiger partial charge in [-0.25, -0.2) is 8.42 Å².